The number of hydrogen-bond acceptors (Lipinski definition) is 5. The highest BCUT2D eigenvalue weighted by Crippen LogP contribution is 2.17. The molecule has 19 heavy (non-hydrogen) atoms. The van der Waals surface area contributed by atoms with E-state index < -0.39 is 0 Å². The van der Waals surface area contributed by atoms with Crippen molar-refractivity contribution in [1.29, 1.82) is 0 Å². The van der Waals surface area contributed by atoms with Crippen LogP contribution in [0.5, 0.6) is 0 Å². The molecule has 0 radical (unpaired) electrons. The predicted octanol–water partition coefficient (Wildman–Crippen LogP) is 1.85. The minimum atomic E-state index is 0.466. The lowest BCUT2D eigenvalue weighted by Crippen LogP contribution is -2.07. The van der Waals surface area contributed by atoms with Gasteiger partial charge in [0.1, 0.15) is 11.5 Å². The maximum atomic E-state index is 5.15. The summed E-state index contributed by atoms with van der Waals surface area (Å²) in [5, 5.41) is 7.42. The van der Waals surface area contributed by atoms with Gasteiger partial charge in [-0.15, -0.1) is 0 Å². The van der Waals surface area contributed by atoms with Crippen molar-refractivity contribution in [3.8, 4) is 11.5 Å². The van der Waals surface area contributed by atoms with Gasteiger partial charge in [-0.25, -0.2) is 9.97 Å². The summed E-state index contributed by atoms with van der Waals surface area (Å²) in [7, 11) is 3.53. The van der Waals surface area contributed by atoms with E-state index in [1.54, 1.807) is 18.0 Å². The Bertz CT molecular complexity index is 538. The number of aryl methyl sites for hydroxylation is 1. The molecule has 2 rings (SSSR count). The van der Waals surface area contributed by atoms with E-state index >= 15 is 0 Å². The van der Waals surface area contributed by atoms with Crippen LogP contribution < -0.4 is 5.32 Å². The van der Waals surface area contributed by atoms with E-state index in [2.05, 4.69) is 27.3 Å². The second-order valence-electron chi connectivity index (χ2n) is 4.27. The quantitative estimate of drug-likeness (QED) is 0.859. The molecule has 0 unspecified atom stereocenters. The number of rotatable bonds is 6. The Morgan fingerprint density at radius 1 is 1.37 bits per heavy atom. The first-order valence-corrected chi connectivity index (χ1v) is 6.33. The van der Waals surface area contributed by atoms with Crippen molar-refractivity contribution in [2.45, 2.75) is 20.0 Å². The van der Waals surface area contributed by atoms with Gasteiger partial charge in [-0.2, -0.15) is 5.10 Å². The Balaban J connectivity index is 2.36. The lowest BCUT2D eigenvalue weighted by atomic mass is 10.3. The summed E-state index contributed by atoms with van der Waals surface area (Å²) in [6.45, 7) is 3.47. The Labute approximate surface area is 112 Å². The summed E-state index contributed by atoms with van der Waals surface area (Å²) in [4.78, 5) is 9.02. The highest BCUT2D eigenvalue weighted by molar-refractivity contribution is 5.53. The maximum absolute atomic E-state index is 5.15. The molecule has 0 aliphatic carbocycles. The zero-order valence-corrected chi connectivity index (χ0v) is 11.6. The van der Waals surface area contributed by atoms with Gasteiger partial charge in [-0.1, -0.05) is 6.92 Å². The average Bonchev–Trinajstić information content (AvgIpc) is 2.83. The Kier molecular flexibility index (Phi) is 4.46. The van der Waals surface area contributed by atoms with Crippen molar-refractivity contribution in [3.63, 3.8) is 0 Å². The van der Waals surface area contributed by atoms with E-state index in [9.17, 15) is 0 Å². The molecular formula is C13H19N5O. The number of aromatic nitrogens is 4. The van der Waals surface area contributed by atoms with E-state index in [0.717, 1.165) is 30.2 Å². The zero-order chi connectivity index (χ0) is 13.7. The molecule has 0 bridgehead atoms. The zero-order valence-electron chi connectivity index (χ0n) is 11.6. The van der Waals surface area contributed by atoms with Gasteiger partial charge in [-0.05, 0) is 12.5 Å². The van der Waals surface area contributed by atoms with Crippen LogP contribution in [-0.4, -0.2) is 33.4 Å². The van der Waals surface area contributed by atoms with Crippen molar-refractivity contribution < 1.29 is 4.74 Å². The largest absolute Gasteiger partial charge is 0.378 e. The number of nitrogens with zero attached hydrogens (tertiary/aromatic N) is 4. The van der Waals surface area contributed by atoms with Crippen LogP contribution in [0, 0.1) is 0 Å². The molecule has 0 saturated carbocycles. The third-order valence-corrected chi connectivity index (χ3v) is 2.68. The summed E-state index contributed by atoms with van der Waals surface area (Å²) in [5.74, 6) is 1.48. The monoisotopic (exact) mass is 261 g/mol. The molecule has 2 aromatic rings. The Hall–Kier alpha value is -1.95. The number of methoxy groups -OCH3 is 1. The fraction of sp³-hybridized carbons (Fsp3) is 0.462. The summed E-state index contributed by atoms with van der Waals surface area (Å²) in [6.07, 6.45) is 2.78. The third-order valence-electron chi connectivity index (χ3n) is 2.68. The van der Waals surface area contributed by atoms with Crippen molar-refractivity contribution in [3.05, 3.63) is 24.0 Å². The highest BCUT2D eigenvalue weighted by Gasteiger charge is 2.09. The molecule has 6 nitrogen and oxygen atoms in total. The molecular weight excluding hydrogens is 242 g/mol. The molecule has 2 aromatic heterocycles. The maximum Gasteiger partial charge on any atom is 0.180 e. The lowest BCUT2D eigenvalue weighted by Gasteiger charge is -2.09. The molecule has 0 saturated heterocycles. The fourth-order valence-electron chi connectivity index (χ4n) is 1.77. The minimum Gasteiger partial charge on any atom is -0.378 e. The van der Waals surface area contributed by atoms with Gasteiger partial charge in [0.25, 0.3) is 0 Å². The molecule has 1 N–H and O–H groups in total. The molecule has 6 heteroatoms. The summed E-state index contributed by atoms with van der Waals surface area (Å²) < 4.78 is 6.91. The van der Waals surface area contributed by atoms with Crippen LogP contribution in [0.2, 0.25) is 0 Å². The summed E-state index contributed by atoms with van der Waals surface area (Å²) >= 11 is 0. The second kappa shape index (κ2) is 6.29. The van der Waals surface area contributed by atoms with Crippen molar-refractivity contribution in [2.75, 3.05) is 19.0 Å². The Morgan fingerprint density at radius 2 is 2.21 bits per heavy atom. The van der Waals surface area contributed by atoms with Gasteiger partial charge in [0, 0.05) is 33.0 Å². The molecule has 0 fully saturated rings. The van der Waals surface area contributed by atoms with Gasteiger partial charge in [0.05, 0.1) is 12.3 Å². The fourth-order valence-corrected chi connectivity index (χ4v) is 1.77. The van der Waals surface area contributed by atoms with Gasteiger partial charge in [0.15, 0.2) is 5.82 Å². The van der Waals surface area contributed by atoms with Crippen LogP contribution in [0.4, 0.5) is 5.82 Å². The van der Waals surface area contributed by atoms with Crippen molar-refractivity contribution in [2.24, 2.45) is 7.05 Å². The van der Waals surface area contributed by atoms with Crippen molar-refractivity contribution >= 4 is 5.82 Å². The van der Waals surface area contributed by atoms with Crippen molar-refractivity contribution in [1.82, 2.24) is 19.7 Å². The summed E-state index contributed by atoms with van der Waals surface area (Å²) in [6, 6.07) is 3.81. The Morgan fingerprint density at radius 3 is 2.84 bits per heavy atom. The normalized spacial score (nSPS) is 10.7. The van der Waals surface area contributed by atoms with Crippen LogP contribution in [0.25, 0.3) is 11.5 Å². The van der Waals surface area contributed by atoms with E-state index in [-0.39, 0.29) is 0 Å². The predicted molar refractivity (Wildman–Crippen MR) is 73.7 cm³/mol. The smallest absolute Gasteiger partial charge is 0.180 e. The first kappa shape index (κ1) is 13.5. The van der Waals surface area contributed by atoms with E-state index in [0.29, 0.717) is 12.4 Å². The van der Waals surface area contributed by atoms with Crippen LogP contribution in [-0.2, 0) is 18.4 Å². The van der Waals surface area contributed by atoms with Crippen LogP contribution in [0.3, 0.4) is 0 Å². The van der Waals surface area contributed by atoms with E-state index in [1.165, 1.54) is 0 Å². The first-order valence-electron chi connectivity index (χ1n) is 6.33. The number of ether oxygens (including phenoxy) is 1. The highest BCUT2D eigenvalue weighted by atomic mass is 16.5. The van der Waals surface area contributed by atoms with Gasteiger partial charge in [-0.3, -0.25) is 4.68 Å². The van der Waals surface area contributed by atoms with Crippen LogP contribution >= 0.6 is 0 Å². The summed E-state index contributed by atoms with van der Waals surface area (Å²) in [5.41, 5.74) is 1.74. The molecule has 2 heterocycles. The molecule has 0 aliphatic rings. The number of anilines is 1. The number of hydrogen-bond donors (Lipinski definition) is 1. The van der Waals surface area contributed by atoms with Gasteiger partial charge < -0.3 is 10.1 Å². The van der Waals surface area contributed by atoms with Crippen LogP contribution in [0.1, 0.15) is 19.0 Å². The van der Waals surface area contributed by atoms with Gasteiger partial charge in [0.2, 0.25) is 0 Å². The molecule has 0 aromatic carbocycles. The molecule has 102 valence electrons. The van der Waals surface area contributed by atoms with E-state index in [1.807, 2.05) is 19.2 Å². The number of nitrogens with one attached hydrogen (secondary N) is 1. The standard InChI is InChI=1S/C13H19N5O/c1-4-6-14-12-8-10(9-19-3)16-13(17-12)11-5-7-15-18(11)2/h5,7-8H,4,6,9H2,1-3H3,(H,14,16,17). The SMILES string of the molecule is CCCNc1cc(COC)nc(-c2ccnn2C)n1. The van der Waals surface area contributed by atoms with Gasteiger partial charge >= 0.3 is 0 Å². The minimum absolute atomic E-state index is 0.466. The molecule has 0 amide bonds. The lowest BCUT2D eigenvalue weighted by molar-refractivity contribution is 0.181. The topological polar surface area (TPSA) is 64.9 Å². The first-order chi connectivity index (χ1) is 9.24. The average molecular weight is 261 g/mol. The van der Waals surface area contributed by atoms with Crippen LogP contribution in [0.15, 0.2) is 18.3 Å². The molecule has 0 aliphatic heterocycles. The third kappa shape index (κ3) is 3.29. The molecule has 0 atom stereocenters. The molecule has 0 spiro atoms. The second-order valence-corrected chi connectivity index (χ2v) is 4.27. The van der Waals surface area contributed by atoms with E-state index in [4.69, 9.17) is 4.74 Å².